The van der Waals surface area contributed by atoms with Gasteiger partial charge in [-0.05, 0) is 42.3 Å². The summed E-state index contributed by atoms with van der Waals surface area (Å²) < 4.78 is 35.0. The summed E-state index contributed by atoms with van der Waals surface area (Å²) >= 11 is 0. The van der Waals surface area contributed by atoms with Gasteiger partial charge in [-0.15, -0.1) is 24.0 Å². The molecule has 0 aliphatic heterocycles. The van der Waals surface area contributed by atoms with Crippen molar-refractivity contribution < 1.29 is 23.0 Å². The molecule has 2 aromatic carbocycles. The molecule has 170 valence electrons. The van der Waals surface area contributed by atoms with E-state index < -0.39 is 6.61 Å². The summed E-state index contributed by atoms with van der Waals surface area (Å²) in [4.78, 5) is 15.2. The number of halogens is 3. The molecule has 31 heavy (non-hydrogen) atoms. The van der Waals surface area contributed by atoms with Gasteiger partial charge in [-0.1, -0.05) is 12.1 Å². The van der Waals surface area contributed by atoms with Gasteiger partial charge in [0.05, 0.1) is 7.11 Å². The number of rotatable bonds is 9. The highest BCUT2D eigenvalue weighted by atomic mass is 127. The Bertz CT molecular complexity index is 864. The first kappa shape index (κ1) is 26.4. The smallest absolute Gasteiger partial charge is 0.387 e. The van der Waals surface area contributed by atoms with Crippen LogP contribution in [0.3, 0.4) is 0 Å². The number of hydrogen-bond donors (Lipinski definition) is 3. The van der Waals surface area contributed by atoms with Crippen LogP contribution in [0.2, 0.25) is 0 Å². The van der Waals surface area contributed by atoms with Crippen molar-refractivity contribution in [1.29, 1.82) is 0 Å². The van der Waals surface area contributed by atoms with E-state index in [4.69, 9.17) is 4.74 Å². The van der Waals surface area contributed by atoms with Gasteiger partial charge >= 0.3 is 6.61 Å². The molecule has 7 nitrogen and oxygen atoms in total. The van der Waals surface area contributed by atoms with Gasteiger partial charge in [0.25, 0.3) is 0 Å². The maximum absolute atomic E-state index is 12.6. The lowest BCUT2D eigenvalue weighted by molar-refractivity contribution is -0.114. The van der Waals surface area contributed by atoms with Crippen LogP contribution < -0.4 is 25.4 Å². The lowest BCUT2D eigenvalue weighted by Gasteiger charge is -2.15. The summed E-state index contributed by atoms with van der Waals surface area (Å²) in [7, 11) is 3.13. The second kappa shape index (κ2) is 13.6. The minimum atomic E-state index is -2.91. The molecule has 0 bridgehead atoms. The fraction of sp³-hybridized carbons (Fsp3) is 0.333. The van der Waals surface area contributed by atoms with Crippen LogP contribution in [0, 0.1) is 0 Å². The predicted molar refractivity (Wildman–Crippen MR) is 128 cm³/mol. The van der Waals surface area contributed by atoms with Crippen LogP contribution in [0.1, 0.15) is 18.1 Å². The Kier molecular flexibility index (Phi) is 11.6. The third kappa shape index (κ3) is 9.37. The highest BCUT2D eigenvalue weighted by Gasteiger charge is 2.11. The van der Waals surface area contributed by atoms with E-state index in [2.05, 4.69) is 25.7 Å². The standard InChI is InChI=1S/C21H26F2N4O3.HI/c1-14(28)27-17-6-4-15(5-7-17)10-11-25-21(24-2)26-13-16-12-18(29-3)8-9-19(16)30-20(22)23;/h4-9,12,20H,10-11,13H2,1-3H3,(H,27,28)(H2,24,25,26);1H. The maximum Gasteiger partial charge on any atom is 0.387 e. The number of amides is 1. The molecule has 3 N–H and O–H groups in total. The van der Waals surface area contributed by atoms with Crippen LogP contribution in [0.25, 0.3) is 0 Å². The Morgan fingerprint density at radius 3 is 2.42 bits per heavy atom. The van der Waals surface area contributed by atoms with Gasteiger partial charge < -0.3 is 25.4 Å². The number of nitrogens with one attached hydrogen (secondary N) is 3. The molecule has 0 spiro atoms. The average Bonchev–Trinajstić information content (AvgIpc) is 2.71. The number of anilines is 1. The van der Waals surface area contributed by atoms with Crippen molar-refractivity contribution in [1.82, 2.24) is 10.6 Å². The van der Waals surface area contributed by atoms with Crippen LogP contribution in [-0.4, -0.2) is 39.2 Å². The quantitative estimate of drug-likeness (QED) is 0.253. The zero-order chi connectivity index (χ0) is 21.9. The second-order valence-electron chi connectivity index (χ2n) is 6.33. The first-order chi connectivity index (χ1) is 14.4. The maximum atomic E-state index is 12.6. The molecule has 0 aliphatic carbocycles. The van der Waals surface area contributed by atoms with E-state index in [0.29, 0.717) is 23.8 Å². The summed E-state index contributed by atoms with van der Waals surface area (Å²) in [6.45, 7) is -0.612. The Morgan fingerprint density at radius 1 is 1.13 bits per heavy atom. The summed E-state index contributed by atoms with van der Waals surface area (Å²) in [5.41, 5.74) is 2.36. The highest BCUT2D eigenvalue weighted by molar-refractivity contribution is 14.0. The van der Waals surface area contributed by atoms with Gasteiger partial charge in [-0.2, -0.15) is 8.78 Å². The lowest BCUT2D eigenvalue weighted by atomic mass is 10.1. The van der Waals surface area contributed by atoms with Gasteiger partial charge in [0.2, 0.25) is 5.91 Å². The van der Waals surface area contributed by atoms with Crippen molar-refractivity contribution in [2.45, 2.75) is 26.5 Å². The second-order valence-corrected chi connectivity index (χ2v) is 6.33. The van der Waals surface area contributed by atoms with Gasteiger partial charge in [0.15, 0.2) is 5.96 Å². The van der Waals surface area contributed by atoms with Crippen molar-refractivity contribution in [3.63, 3.8) is 0 Å². The van der Waals surface area contributed by atoms with E-state index >= 15 is 0 Å². The summed E-state index contributed by atoms with van der Waals surface area (Å²) in [5.74, 6) is 1.03. The first-order valence-corrected chi connectivity index (χ1v) is 9.34. The molecule has 0 radical (unpaired) electrons. The lowest BCUT2D eigenvalue weighted by Crippen LogP contribution is -2.38. The van der Waals surface area contributed by atoms with Crippen LogP contribution in [0.15, 0.2) is 47.5 Å². The molecule has 0 aromatic heterocycles. The Balaban J connectivity index is 0.00000480. The van der Waals surface area contributed by atoms with Crippen molar-refractivity contribution >= 4 is 41.5 Å². The van der Waals surface area contributed by atoms with E-state index in [-0.39, 0.29) is 42.2 Å². The molecule has 0 saturated carbocycles. The van der Waals surface area contributed by atoms with E-state index in [0.717, 1.165) is 17.7 Å². The number of carbonyl (C=O) groups excluding carboxylic acids is 1. The molecule has 1 amide bonds. The zero-order valence-corrected chi connectivity index (χ0v) is 19.9. The molecule has 10 heteroatoms. The number of alkyl halides is 2. The third-order valence-corrected chi connectivity index (χ3v) is 4.13. The number of guanidine groups is 1. The van der Waals surface area contributed by atoms with Gasteiger partial charge in [0.1, 0.15) is 11.5 Å². The van der Waals surface area contributed by atoms with E-state index in [1.807, 2.05) is 24.3 Å². The molecule has 2 rings (SSSR count). The monoisotopic (exact) mass is 548 g/mol. The fourth-order valence-electron chi connectivity index (χ4n) is 2.71. The third-order valence-electron chi connectivity index (χ3n) is 4.13. The number of benzene rings is 2. The molecular formula is C21H27F2IN4O3. The molecule has 0 aliphatic rings. The molecule has 0 fully saturated rings. The number of ether oxygens (including phenoxy) is 2. The molecular weight excluding hydrogens is 521 g/mol. The zero-order valence-electron chi connectivity index (χ0n) is 17.6. The normalized spacial score (nSPS) is 10.8. The molecule has 0 heterocycles. The summed E-state index contributed by atoms with van der Waals surface area (Å²) in [6, 6.07) is 12.2. The summed E-state index contributed by atoms with van der Waals surface area (Å²) in [6.07, 6.45) is 0.736. The number of nitrogens with zero attached hydrogens (tertiary/aromatic N) is 1. The van der Waals surface area contributed by atoms with Crippen LogP contribution in [0.4, 0.5) is 14.5 Å². The number of methoxy groups -OCH3 is 1. The molecule has 2 aromatic rings. The van der Waals surface area contributed by atoms with Crippen LogP contribution in [0.5, 0.6) is 11.5 Å². The fourth-order valence-corrected chi connectivity index (χ4v) is 2.71. The highest BCUT2D eigenvalue weighted by Crippen LogP contribution is 2.25. The first-order valence-electron chi connectivity index (χ1n) is 9.34. The van der Waals surface area contributed by atoms with E-state index in [9.17, 15) is 13.6 Å². The largest absolute Gasteiger partial charge is 0.497 e. The van der Waals surface area contributed by atoms with Crippen molar-refractivity contribution in [3.05, 3.63) is 53.6 Å². The predicted octanol–water partition coefficient (Wildman–Crippen LogP) is 3.78. The van der Waals surface area contributed by atoms with Crippen LogP contribution in [-0.2, 0) is 17.8 Å². The number of hydrogen-bond acceptors (Lipinski definition) is 4. The van der Waals surface area contributed by atoms with E-state index in [1.54, 1.807) is 19.2 Å². The van der Waals surface area contributed by atoms with Crippen molar-refractivity contribution in [2.24, 2.45) is 4.99 Å². The van der Waals surface area contributed by atoms with Gasteiger partial charge in [-0.3, -0.25) is 9.79 Å². The molecule has 0 saturated heterocycles. The van der Waals surface area contributed by atoms with Gasteiger partial charge in [-0.25, -0.2) is 0 Å². The molecule has 0 atom stereocenters. The summed E-state index contributed by atoms with van der Waals surface area (Å²) in [5, 5.41) is 8.97. The topological polar surface area (TPSA) is 84.0 Å². The van der Waals surface area contributed by atoms with E-state index in [1.165, 1.54) is 20.1 Å². The van der Waals surface area contributed by atoms with Gasteiger partial charge in [0, 0.05) is 38.3 Å². The Labute approximate surface area is 197 Å². The Morgan fingerprint density at radius 2 is 1.84 bits per heavy atom. The Hall–Kier alpha value is -2.63. The van der Waals surface area contributed by atoms with Crippen molar-refractivity contribution in [2.75, 3.05) is 26.0 Å². The number of aliphatic imine (C=N–C) groups is 1. The molecule has 0 unspecified atom stereocenters. The number of carbonyl (C=O) groups is 1. The average molecular weight is 548 g/mol. The SMILES string of the molecule is CN=C(NCCc1ccc(NC(C)=O)cc1)NCc1cc(OC)ccc1OC(F)F.I. The minimum absolute atomic E-state index is 0. The minimum Gasteiger partial charge on any atom is -0.497 e. The van der Waals surface area contributed by atoms with Crippen LogP contribution >= 0.6 is 24.0 Å². The van der Waals surface area contributed by atoms with Crippen molar-refractivity contribution in [3.8, 4) is 11.5 Å².